The molecule has 0 aromatic heterocycles. The molecule has 0 heterocycles. The van der Waals surface area contributed by atoms with Crippen molar-refractivity contribution < 1.29 is 19.5 Å². The quantitative estimate of drug-likeness (QED) is 0.766. The van der Waals surface area contributed by atoms with Crippen molar-refractivity contribution in [3.05, 3.63) is 72.3 Å². The molecule has 0 saturated heterocycles. The van der Waals surface area contributed by atoms with Crippen LogP contribution in [0.25, 0.3) is 0 Å². The number of para-hydroxylation sites is 1. The highest BCUT2D eigenvalue weighted by atomic mass is 16.4. The second-order valence-corrected chi connectivity index (χ2v) is 7.61. The third-order valence-electron chi connectivity index (χ3n) is 5.87. The first-order valence-electron chi connectivity index (χ1n) is 9.61. The number of carboxylic acids is 1. The normalized spacial score (nSPS) is 24.3. The molecule has 1 fully saturated rings. The van der Waals surface area contributed by atoms with Crippen LogP contribution in [0, 0.1) is 23.7 Å². The van der Waals surface area contributed by atoms with Crippen LogP contribution in [-0.4, -0.2) is 29.9 Å². The molecule has 2 amide bonds. The molecule has 4 atom stereocenters. The predicted molar refractivity (Wildman–Crippen MR) is 110 cm³/mol. The first-order valence-corrected chi connectivity index (χ1v) is 9.61. The van der Waals surface area contributed by atoms with E-state index in [1.54, 1.807) is 36.2 Å². The highest BCUT2D eigenvalue weighted by Crippen LogP contribution is 2.48. The fourth-order valence-corrected chi connectivity index (χ4v) is 4.43. The second kappa shape index (κ2) is 7.54. The van der Waals surface area contributed by atoms with E-state index in [4.69, 9.17) is 0 Å². The van der Waals surface area contributed by atoms with Gasteiger partial charge in [0, 0.05) is 24.0 Å². The number of allylic oxidation sites excluding steroid dienone is 2. The summed E-state index contributed by atoms with van der Waals surface area (Å²) < 4.78 is 0. The largest absolute Gasteiger partial charge is 0.481 e. The molecule has 148 valence electrons. The lowest BCUT2D eigenvalue weighted by Gasteiger charge is -2.24. The Morgan fingerprint density at radius 1 is 0.966 bits per heavy atom. The summed E-state index contributed by atoms with van der Waals surface area (Å²) in [7, 11) is 1.70. The lowest BCUT2D eigenvalue weighted by atomic mass is 9.82. The molecule has 29 heavy (non-hydrogen) atoms. The minimum atomic E-state index is -0.935. The summed E-state index contributed by atoms with van der Waals surface area (Å²) in [6.45, 7) is 0. The zero-order valence-electron chi connectivity index (χ0n) is 16.0. The highest BCUT2D eigenvalue weighted by molar-refractivity contribution is 6.07. The number of aliphatic carboxylic acids is 1. The number of carbonyl (C=O) groups is 3. The van der Waals surface area contributed by atoms with Gasteiger partial charge >= 0.3 is 5.97 Å². The maximum atomic E-state index is 12.9. The van der Waals surface area contributed by atoms with Crippen LogP contribution in [0.3, 0.4) is 0 Å². The second-order valence-electron chi connectivity index (χ2n) is 7.61. The summed E-state index contributed by atoms with van der Waals surface area (Å²) in [5.41, 5.74) is 1.69. The number of benzene rings is 2. The summed E-state index contributed by atoms with van der Waals surface area (Å²) in [6, 6.07) is 16.0. The Morgan fingerprint density at radius 2 is 1.66 bits per heavy atom. The molecule has 0 unspecified atom stereocenters. The molecule has 2 aliphatic rings. The van der Waals surface area contributed by atoms with Crippen molar-refractivity contribution in [3.8, 4) is 0 Å². The van der Waals surface area contributed by atoms with Crippen LogP contribution in [0.2, 0.25) is 0 Å². The number of rotatable bonds is 5. The number of carbonyl (C=O) groups excluding carboxylic acids is 2. The zero-order valence-corrected chi connectivity index (χ0v) is 16.0. The molecule has 0 spiro atoms. The van der Waals surface area contributed by atoms with E-state index in [2.05, 4.69) is 5.32 Å². The van der Waals surface area contributed by atoms with Crippen LogP contribution in [-0.2, 0) is 9.59 Å². The summed E-state index contributed by atoms with van der Waals surface area (Å²) in [5, 5.41) is 12.4. The molecule has 6 nitrogen and oxygen atoms in total. The zero-order chi connectivity index (χ0) is 20.5. The Labute approximate surface area is 168 Å². The maximum absolute atomic E-state index is 12.9. The number of nitrogens with zero attached hydrogens (tertiary/aromatic N) is 1. The van der Waals surface area contributed by atoms with E-state index < -0.39 is 17.8 Å². The minimum absolute atomic E-state index is 0.0462. The van der Waals surface area contributed by atoms with Gasteiger partial charge < -0.3 is 15.3 Å². The van der Waals surface area contributed by atoms with Gasteiger partial charge in [-0.2, -0.15) is 0 Å². The van der Waals surface area contributed by atoms with Crippen LogP contribution in [0.15, 0.2) is 66.7 Å². The Hall–Kier alpha value is -3.41. The lowest BCUT2D eigenvalue weighted by molar-refractivity contribution is -0.146. The number of anilines is 2. The fraction of sp³-hybridized carbons (Fsp3) is 0.261. The number of amides is 2. The first kappa shape index (κ1) is 18.9. The van der Waals surface area contributed by atoms with Crippen molar-refractivity contribution in [1.29, 1.82) is 0 Å². The van der Waals surface area contributed by atoms with Gasteiger partial charge in [-0.25, -0.2) is 0 Å². The van der Waals surface area contributed by atoms with Crippen LogP contribution in [0.4, 0.5) is 11.4 Å². The molecule has 1 saturated carbocycles. The minimum Gasteiger partial charge on any atom is -0.481 e. The topological polar surface area (TPSA) is 86.7 Å². The van der Waals surface area contributed by atoms with E-state index in [9.17, 15) is 19.5 Å². The Morgan fingerprint density at radius 3 is 2.34 bits per heavy atom. The van der Waals surface area contributed by atoms with Crippen molar-refractivity contribution >= 4 is 29.2 Å². The van der Waals surface area contributed by atoms with Crippen LogP contribution < -0.4 is 10.2 Å². The Kier molecular flexibility index (Phi) is 4.92. The fourth-order valence-electron chi connectivity index (χ4n) is 4.43. The SMILES string of the molecule is CN(C(=O)c1cccc(NC(=O)[C@H]2[C@@H](C(=O)O)[C@H]3C=C[C@H]2C3)c1)c1ccccc1. The summed E-state index contributed by atoms with van der Waals surface area (Å²) in [5.74, 6) is -2.85. The predicted octanol–water partition coefficient (Wildman–Crippen LogP) is 3.42. The molecule has 2 aliphatic carbocycles. The average Bonchev–Trinajstić information content (AvgIpc) is 3.35. The van der Waals surface area contributed by atoms with Gasteiger partial charge in [0.15, 0.2) is 0 Å². The number of hydrogen-bond acceptors (Lipinski definition) is 3. The molecule has 0 radical (unpaired) electrons. The highest BCUT2D eigenvalue weighted by Gasteiger charge is 2.51. The van der Waals surface area contributed by atoms with Gasteiger partial charge in [-0.1, -0.05) is 36.4 Å². The number of fused-ring (bicyclic) bond motifs is 2. The Balaban J connectivity index is 1.51. The van der Waals surface area contributed by atoms with E-state index in [1.165, 1.54) is 0 Å². The summed E-state index contributed by atoms with van der Waals surface area (Å²) in [4.78, 5) is 38.9. The first-order chi connectivity index (χ1) is 14.0. The van der Waals surface area contributed by atoms with Crippen molar-refractivity contribution in [1.82, 2.24) is 0 Å². The summed E-state index contributed by atoms with van der Waals surface area (Å²) in [6.07, 6.45) is 4.56. The third-order valence-corrected chi connectivity index (χ3v) is 5.87. The van der Waals surface area contributed by atoms with Crippen molar-refractivity contribution in [2.75, 3.05) is 17.3 Å². The monoisotopic (exact) mass is 390 g/mol. The van der Waals surface area contributed by atoms with Gasteiger partial charge in [0.25, 0.3) is 5.91 Å². The molecule has 4 rings (SSSR count). The van der Waals surface area contributed by atoms with Gasteiger partial charge in [-0.15, -0.1) is 0 Å². The average molecular weight is 390 g/mol. The van der Waals surface area contributed by atoms with Crippen LogP contribution in [0.1, 0.15) is 16.8 Å². The van der Waals surface area contributed by atoms with E-state index in [-0.39, 0.29) is 23.7 Å². The molecule has 6 heteroatoms. The van der Waals surface area contributed by atoms with Crippen molar-refractivity contribution in [3.63, 3.8) is 0 Å². The van der Waals surface area contributed by atoms with E-state index in [0.29, 0.717) is 17.7 Å². The van der Waals surface area contributed by atoms with Crippen molar-refractivity contribution in [2.24, 2.45) is 23.7 Å². The third kappa shape index (κ3) is 3.53. The number of hydrogen-bond donors (Lipinski definition) is 2. The van der Waals surface area contributed by atoms with Crippen LogP contribution >= 0.6 is 0 Å². The van der Waals surface area contributed by atoms with Crippen molar-refractivity contribution in [2.45, 2.75) is 6.42 Å². The van der Waals surface area contributed by atoms with Gasteiger partial charge in [0.1, 0.15) is 0 Å². The number of carboxylic acid groups (broad SMARTS) is 1. The molecule has 2 aromatic carbocycles. The van der Waals surface area contributed by atoms with E-state index >= 15 is 0 Å². The molecule has 2 bridgehead atoms. The maximum Gasteiger partial charge on any atom is 0.307 e. The molecular formula is C23H22N2O4. The lowest BCUT2D eigenvalue weighted by Crippen LogP contribution is -2.36. The summed E-state index contributed by atoms with van der Waals surface area (Å²) >= 11 is 0. The van der Waals surface area contributed by atoms with E-state index in [0.717, 1.165) is 5.69 Å². The number of nitrogens with one attached hydrogen (secondary N) is 1. The van der Waals surface area contributed by atoms with Gasteiger partial charge in [0.2, 0.25) is 5.91 Å². The van der Waals surface area contributed by atoms with Gasteiger partial charge in [-0.05, 0) is 48.6 Å². The van der Waals surface area contributed by atoms with Gasteiger partial charge in [0.05, 0.1) is 11.8 Å². The molecule has 0 aliphatic heterocycles. The molecular weight excluding hydrogens is 368 g/mol. The van der Waals surface area contributed by atoms with E-state index in [1.807, 2.05) is 42.5 Å². The molecule has 2 aromatic rings. The van der Waals surface area contributed by atoms with Crippen LogP contribution in [0.5, 0.6) is 0 Å². The molecule has 2 N–H and O–H groups in total. The standard InChI is InChI=1S/C23H22N2O4/c1-25(18-8-3-2-4-9-18)22(27)16-6-5-7-17(13-16)24-21(26)19-14-10-11-15(12-14)20(19)23(28)29/h2-11,13-15,19-20H,12H2,1H3,(H,24,26)(H,28,29)/t14-,15-,19+,20-/m0/s1. The smallest absolute Gasteiger partial charge is 0.307 e. The Bertz CT molecular complexity index is 985. The van der Waals surface area contributed by atoms with Gasteiger partial charge in [-0.3, -0.25) is 14.4 Å².